The third-order valence-corrected chi connectivity index (χ3v) is 13.2. The van der Waals surface area contributed by atoms with Crippen molar-refractivity contribution in [3.05, 3.63) is 71.5 Å². The van der Waals surface area contributed by atoms with E-state index in [2.05, 4.69) is 54.3 Å². The summed E-state index contributed by atoms with van der Waals surface area (Å²) < 4.78 is 14.2. The molecule has 2 fully saturated rings. The number of aromatic nitrogens is 2. The largest absolute Gasteiger partial charge is 0.508 e. The van der Waals surface area contributed by atoms with Crippen LogP contribution in [0.3, 0.4) is 0 Å². The molecule has 63 heavy (non-hydrogen) atoms. The van der Waals surface area contributed by atoms with Crippen LogP contribution in [-0.2, 0) is 48.0 Å². The van der Waals surface area contributed by atoms with Gasteiger partial charge in [-0.3, -0.25) is 29.2 Å². The summed E-state index contributed by atoms with van der Waals surface area (Å²) in [6.45, 7) is 13.1. The summed E-state index contributed by atoms with van der Waals surface area (Å²) in [5.74, 6) is -2.22. The Morgan fingerprint density at radius 1 is 1.08 bits per heavy atom. The number of cyclic esters (lactones) is 1. The number of likely N-dealkylation sites (N-methyl/N-ethyl adjacent to an activating group) is 1. The molecule has 3 amide bonds. The van der Waals surface area contributed by atoms with Crippen molar-refractivity contribution in [2.45, 2.75) is 123 Å². The van der Waals surface area contributed by atoms with Crippen LogP contribution < -0.4 is 16.5 Å². The number of carbonyl (C=O) groups excluding carboxylic acids is 4. The van der Waals surface area contributed by atoms with E-state index in [9.17, 15) is 24.3 Å². The zero-order valence-electron chi connectivity index (χ0n) is 38.1. The summed E-state index contributed by atoms with van der Waals surface area (Å²) >= 11 is 0. The third kappa shape index (κ3) is 9.49. The van der Waals surface area contributed by atoms with Gasteiger partial charge in [-0.2, -0.15) is 0 Å². The summed E-state index contributed by atoms with van der Waals surface area (Å²) in [6.07, 6.45) is 5.34. The molecular weight excluding hydrogens is 799 g/mol. The highest BCUT2D eigenvalue weighted by atomic mass is 16.5. The Bertz CT molecular complexity index is 2360. The van der Waals surface area contributed by atoms with Crippen molar-refractivity contribution in [1.82, 2.24) is 30.2 Å². The van der Waals surface area contributed by atoms with Gasteiger partial charge >= 0.3 is 5.97 Å². The number of amides is 3. The lowest BCUT2D eigenvalue weighted by Gasteiger charge is -2.37. The average molecular weight is 864 g/mol. The molecule has 338 valence electrons. The summed E-state index contributed by atoms with van der Waals surface area (Å²) in [7, 11) is 3.31. The van der Waals surface area contributed by atoms with Crippen molar-refractivity contribution >= 4 is 34.6 Å². The van der Waals surface area contributed by atoms with Crippen molar-refractivity contribution in [2.75, 3.05) is 27.3 Å². The molecule has 2 aromatic carbocycles. The quantitative estimate of drug-likeness (QED) is 0.145. The van der Waals surface area contributed by atoms with E-state index < -0.39 is 41.3 Å². The summed E-state index contributed by atoms with van der Waals surface area (Å²) in [6, 6.07) is 12.5. The molecule has 2 aliphatic heterocycles. The number of phenols is 1. The first-order valence-corrected chi connectivity index (χ1v) is 22.5. The van der Waals surface area contributed by atoms with E-state index in [-0.39, 0.29) is 48.7 Å². The number of nitrogens with zero attached hydrogens (tertiary/aromatic N) is 4. The first kappa shape index (κ1) is 45.7. The molecule has 4 aromatic rings. The zero-order valence-corrected chi connectivity index (χ0v) is 38.1. The Balaban J connectivity index is 1.34. The summed E-state index contributed by atoms with van der Waals surface area (Å²) in [5, 5.41) is 16.7. The van der Waals surface area contributed by atoms with Crippen LogP contribution in [0.4, 0.5) is 0 Å². The lowest BCUT2D eigenvalue weighted by atomic mass is 9.84. The van der Waals surface area contributed by atoms with Crippen molar-refractivity contribution in [3.8, 4) is 28.1 Å². The molecular formula is C49H65N7O7. The van der Waals surface area contributed by atoms with Gasteiger partial charge in [0.2, 0.25) is 11.8 Å². The number of pyridine rings is 1. The van der Waals surface area contributed by atoms with Gasteiger partial charge in [0.15, 0.2) is 0 Å². The minimum Gasteiger partial charge on any atom is -0.508 e. The van der Waals surface area contributed by atoms with Gasteiger partial charge < -0.3 is 35.1 Å². The van der Waals surface area contributed by atoms with E-state index in [1.54, 1.807) is 32.5 Å². The Morgan fingerprint density at radius 2 is 1.86 bits per heavy atom. The number of nitrogens with one attached hydrogen (secondary N) is 2. The third-order valence-electron chi connectivity index (χ3n) is 13.2. The number of benzene rings is 2. The predicted molar refractivity (Wildman–Crippen MR) is 242 cm³/mol. The van der Waals surface area contributed by atoms with E-state index in [0.717, 1.165) is 57.4 Å². The minimum atomic E-state index is -1.12. The number of hydrogen-bond acceptors (Lipinski definition) is 10. The molecule has 6 bridgehead atoms. The summed E-state index contributed by atoms with van der Waals surface area (Å²) in [5.41, 5.74) is 16.0. The maximum Gasteiger partial charge on any atom is 0.324 e. The molecule has 1 saturated carbocycles. The second-order valence-electron chi connectivity index (χ2n) is 18.9. The Morgan fingerprint density at radius 3 is 2.56 bits per heavy atom. The van der Waals surface area contributed by atoms with Crippen LogP contribution in [-0.4, -0.2) is 99.7 Å². The van der Waals surface area contributed by atoms with E-state index in [1.807, 2.05) is 39.0 Å². The highest BCUT2D eigenvalue weighted by Gasteiger charge is 2.40. The number of methoxy groups -OCH3 is 1. The number of nitrogens with two attached hydrogens (primary N) is 1. The van der Waals surface area contributed by atoms with Gasteiger partial charge in [-0.25, -0.2) is 5.43 Å². The Hall–Kier alpha value is -5.31. The van der Waals surface area contributed by atoms with Gasteiger partial charge in [-0.1, -0.05) is 46.2 Å². The van der Waals surface area contributed by atoms with Crippen LogP contribution in [0.1, 0.15) is 96.6 Å². The molecule has 1 unspecified atom stereocenters. The van der Waals surface area contributed by atoms with Gasteiger partial charge in [0.25, 0.3) is 5.91 Å². The molecule has 6 atom stereocenters. The van der Waals surface area contributed by atoms with Gasteiger partial charge in [0.05, 0.1) is 30.0 Å². The number of hydrazine groups is 1. The van der Waals surface area contributed by atoms with Crippen LogP contribution in [0.2, 0.25) is 0 Å². The average Bonchev–Trinajstić information content (AvgIpc) is 3.83. The molecule has 5 N–H and O–H groups in total. The molecule has 2 aromatic heterocycles. The van der Waals surface area contributed by atoms with E-state index in [4.69, 9.17) is 20.2 Å². The molecule has 14 heteroatoms. The fourth-order valence-electron chi connectivity index (χ4n) is 9.94. The molecule has 1 aliphatic carbocycles. The monoisotopic (exact) mass is 863 g/mol. The molecule has 14 nitrogen and oxygen atoms in total. The van der Waals surface area contributed by atoms with E-state index >= 15 is 0 Å². The number of hydrogen-bond donors (Lipinski definition) is 4. The predicted octanol–water partition coefficient (Wildman–Crippen LogP) is 6.06. The first-order chi connectivity index (χ1) is 30.0. The number of carbonyl (C=O) groups is 4. The number of esters is 1. The maximum atomic E-state index is 14.7. The second-order valence-corrected chi connectivity index (χ2v) is 18.9. The first-order valence-electron chi connectivity index (χ1n) is 22.5. The molecule has 3 aliphatic rings. The number of ether oxygens (including phenoxy) is 2. The fraction of sp³-hybridized carbons (Fsp3) is 0.531. The topological polar surface area (TPSA) is 181 Å². The Labute approximate surface area is 370 Å². The van der Waals surface area contributed by atoms with Crippen molar-refractivity contribution in [1.29, 1.82) is 0 Å². The zero-order chi connectivity index (χ0) is 45.3. The van der Waals surface area contributed by atoms with E-state index in [0.29, 0.717) is 44.3 Å². The second kappa shape index (κ2) is 18.8. The van der Waals surface area contributed by atoms with Gasteiger partial charge in [0.1, 0.15) is 23.9 Å². The number of phenolic OH excluding ortho intramolecular Hbond substituents is 1. The van der Waals surface area contributed by atoms with Crippen LogP contribution in [0.15, 0.2) is 54.7 Å². The van der Waals surface area contributed by atoms with Crippen LogP contribution in [0, 0.1) is 17.3 Å². The van der Waals surface area contributed by atoms with E-state index in [1.165, 1.54) is 9.91 Å². The Kier molecular flexibility index (Phi) is 13.6. The lowest BCUT2D eigenvalue weighted by Crippen LogP contribution is -2.62. The smallest absolute Gasteiger partial charge is 0.324 e. The van der Waals surface area contributed by atoms with Gasteiger partial charge in [-0.05, 0) is 111 Å². The number of fused-ring (bicyclic) bond motifs is 6. The lowest BCUT2D eigenvalue weighted by molar-refractivity contribution is -0.155. The van der Waals surface area contributed by atoms with Crippen LogP contribution in [0.5, 0.6) is 5.75 Å². The molecule has 7 rings (SSSR count). The molecule has 4 heterocycles. The SMILES string of the molecule is CCn1c(-c2cccnc2[C@H](C)OC)c2c3cc(ccc31)-c1cc(O)cc(c1)C[C@H](NC(=O)C(C(C)C)N(C)C(=O)[C@H]1CCC[C@H]1N)C(=O)N1CCC[C@H](N1)C(=O)OCC(C)(C)C2. The number of aryl methyl sites for hydroxylation is 1. The minimum absolute atomic E-state index is 0.00783. The molecule has 0 radical (unpaired) electrons. The van der Waals surface area contributed by atoms with Crippen LogP contribution in [0.25, 0.3) is 33.3 Å². The van der Waals surface area contributed by atoms with Gasteiger partial charge in [-0.15, -0.1) is 0 Å². The van der Waals surface area contributed by atoms with Crippen molar-refractivity contribution < 1.29 is 33.8 Å². The number of aromatic hydroxyl groups is 1. The van der Waals surface area contributed by atoms with Crippen LogP contribution >= 0.6 is 0 Å². The molecule has 0 spiro atoms. The summed E-state index contributed by atoms with van der Waals surface area (Å²) in [4.78, 5) is 63.0. The standard InChI is InChI=1S/C49H65N7O7/c1-9-55-41-18-17-31-25-36(41)37(44(55)35-14-11-19-51-42(35)29(4)62-8)26-49(5,6)27-63-48(61)39-16-12-20-56(53-39)47(60)40(23-30-21-32(31)24-33(57)22-30)52-45(58)43(28(2)3)54(7)46(59)34-13-10-15-38(34)50/h11,14,17-19,21-22,24-25,28-29,34,38-40,43,53,57H,9-10,12-13,15-16,20,23,26-27,50H2,1-8H3,(H,52,58)/t29-,34-,38+,39-,40-,43?/m0/s1. The maximum absolute atomic E-state index is 14.7. The van der Waals surface area contributed by atoms with Crippen molar-refractivity contribution in [3.63, 3.8) is 0 Å². The van der Waals surface area contributed by atoms with Crippen molar-refractivity contribution in [2.24, 2.45) is 23.0 Å². The highest BCUT2D eigenvalue weighted by molar-refractivity contribution is 5.96. The normalized spacial score (nSPS) is 22.7. The highest BCUT2D eigenvalue weighted by Crippen LogP contribution is 2.42. The number of rotatable bonds is 9. The van der Waals surface area contributed by atoms with Gasteiger partial charge in [0, 0.05) is 67.8 Å². The molecule has 1 saturated heterocycles. The fourth-order valence-corrected chi connectivity index (χ4v) is 9.94.